The molecular weight excluding hydrogens is 172 g/mol. The molecule has 0 heterocycles. The van der Waals surface area contributed by atoms with Crippen LogP contribution in [-0.2, 0) is 0 Å². The second-order valence-electron chi connectivity index (χ2n) is 4.21. The minimum absolute atomic E-state index is 0.307. The summed E-state index contributed by atoms with van der Waals surface area (Å²) < 4.78 is 0. The van der Waals surface area contributed by atoms with Gasteiger partial charge >= 0.3 is 0 Å². The predicted molar refractivity (Wildman–Crippen MR) is 60.4 cm³/mol. The Morgan fingerprint density at radius 3 is 2.23 bits per heavy atom. The van der Waals surface area contributed by atoms with Gasteiger partial charge in [0.1, 0.15) is 9.52 Å². The van der Waals surface area contributed by atoms with Gasteiger partial charge in [-0.25, -0.2) is 0 Å². The topological polar surface area (TPSA) is 0 Å². The maximum Gasteiger partial charge on any atom is 0.111 e. The number of benzene rings is 1. The summed E-state index contributed by atoms with van der Waals surface area (Å²) in [4.78, 5) is 0. The molecular formula is C12H16Si. The summed E-state index contributed by atoms with van der Waals surface area (Å²) in [5.41, 5.74) is 2.58. The van der Waals surface area contributed by atoms with Gasteiger partial charge in [0.25, 0.3) is 0 Å². The highest BCUT2D eigenvalue weighted by molar-refractivity contribution is 6.58. The van der Waals surface area contributed by atoms with Gasteiger partial charge < -0.3 is 0 Å². The third-order valence-corrected chi connectivity index (χ3v) is 2.61. The maximum absolute atomic E-state index is 2.28. The van der Waals surface area contributed by atoms with Crippen LogP contribution in [-0.4, -0.2) is 9.52 Å². The first kappa shape index (κ1) is 10.3. The van der Waals surface area contributed by atoms with Gasteiger partial charge in [-0.05, 0) is 5.41 Å². The Morgan fingerprint density at radius 2 is 1.69 bits per heavy atom. The van der Waals surface area contributed by atoms with Gasteiger partial charge in [-0.2, -0.15) is 0 Å². The molecule has 0 aliphatic rings. The van der Waals surface area contributed by atoms with Crippen LogP contribution in [0.25, 0.3) is 0 Å². The van der Waals surface area contributed by atoms with E-state index in [0.717, 1.165) is 9.52 Å². The largest absolute Gasteiger partial charge is 0.111 e. The molecule has 0 aliphatic carbocycles. The minimum Gasteiger partial charge on any atom is -0.0968 e. The lowest BCUT2D eigenvalue weighted by Gasteiger charge is -2.10. The zero-order valence-electron chi connectivity index (χ0n) is 8.54. The average molecular weight is 188 g/mol. The molecule has 0 N–H and O–H groups in total. The Bertz CT molecular complexity index is 267. The lowest BCUT2D eigenvalue weighted by molar-refractivity contribution is 0.545. The summed E-state index contributed by atoms with van der Waals surface area (Å²) in [6.07, 6.45) is 2.28. The zero-order valence-corrected chi connectivity index (χ0v) is 9.54. The SMILES string of the molecule is CC(C)(C)/C=C\[Si]c1ccccc1. The van der Waals surface area contributed by atoms with Crippen molar-refractivity contribution in [3.63, 3.8) is 0 Å². The van der Waals surface area contributed by atoms with Crippen LogP contribution >= 0.6 is 0 Å². The molecule has 1 aromatic carbocycles. The monoisotopic (exact) mass is 188 g/mol. The molecule has 0 unspecified atom stereocenters. The van der Waals surface area contributed by atoms with Crippen LogP contribution < -0.4 is 5.19 Å². The Kier molecular flexibility index (Phi) is 3.49. The first-order valence-electron chi connectivity index (χ1n) is 4.57. The van der Waals surface area contributed by atoms with E-state index in [9.17, 15) is 0 Å². The molecule has 0 aliphatic heterocycles. The molecule has 0 saturated heterocycles. The van der Waals surface area contributed by atoms with E-state index in [-0.39, 0.29) is 0 Å². The summed E-state index contributed by atoms with van der Waals surface area (Å²) in [7, 11) is 0.797. The van der Waals surface area contributed by atoms with E-state index in [4.69, 9.17) is 0 Å². The van der Waals surface area contributed by atoms with E-state index >= 15 is 0 Å². The van der Waals surface area contributed by atoms with Crippen LogP contribution in [0.2, 0.25) is 0 Å². The van der Waals surface area contributed by atoms with Crippen molar-refractivity contribution in [2.75, 3.05) is 0 Å². The number of hydrogen-bond donors (Lipinski definition) is 0. The second kappa shape index (κ2) is 4.42. The quantitative estimate of drug-likeness (QED) is 0.626. The molecule has 0 amide bonds. The summed E-state index contributed by atoms with van der Waals surface area (Å²) in [6.45, 7) is 6.66. The molecule has 0 fully saturated rings. The van der Waals surface area contributed by atoms with Crippen LogP contribution in [0.5, 0.6) is 0 Å². The third kappa shape index (κ3) is 4.68. The van der Waals surface area contributed by atoms with Gasteiger partial charge in [-0.3, -0.25) is 0 Å². The third-order valence-electron chi connectivity index (χ3n) is 1.61. The van der Waals surface area contributed by atoms with Gasteiger partial charge in [-0.15, -0.1) is 0 Å². The van der Waals surface area contributed by atoms with Gasteiger partial charge in [-0.1, -0.05) is 68.1 Å². The molecule has 1 rings (SSSR count). The number of rotatable bonds is 2. The average Bonchev–Trinajstić information content (AvgIpc) is 2.04. The van der Waals surface area contributed by atoms with E-state index in [2.05, 4.69) is 62.9 Å². The van der Waals surface area contributed by atoms with Gasteiger partial charge in [0.15, 0.2) is 0 Å². The van der Waals surface area contributed by atoms with E-state index < -0.39 is 0 Å². The Labute approximate surface area is 83.5 Å². The van der Waals surface area contributed by atoms with Crippen LogP contribution in [0.4, 0.5) is 0 Å². The fraction of sp³-hybridized carbons (Fsp3) is 0.333. The molecule has 0 atom stereocenters. The predicted octanol–water partition coefficient (Wildman–Crippen LogP) is 2.58. The van der Waals surface area contributed by atoms with Crippen molar-refractivity contribution in [2.45, 2.75) is 20.8 Å². The number of allylic oxidation sites excluding steroid dienone is 1. The normalized spacial score (nSPS) is 12.2. The Balaban J connectivity index is 2.49. The van der Waals surface area contributed by atoms with Crippen molar-refractivity contribution in [3.8, 4) is 0 Å². The van der Waals surface area contributed by atoms with Crippen LogP contribution in [0.15, 0.2) is 42.1 Å². The van der Waals surface area contributed by atoms with Crippen molar-refractivity contribution < 1.29 is 0 Å². The molecule has 0 spiro atoms. The first-order valence-corrected chi connectivity index (χ1v) is 5.65. The lowest BCUT2D eigenvalue weighted by Crippen LogP contribution is -2.11. The molecule has 0 nitrogen and oxygen atoms in total. The lowest BCUT2D eigenvalue weighted by atomic mass is 9.98. The van der Waals surface area contributed by atoms with Gasteiger partial charge in [0.05, 0.1) is 0 Å². The minimum atomic E-state index is 0.307. The van der Waals surface area contributed by atoms with Crippen molar-refractivity contribution in [2.24, 2.45) is 5.41 Å². The summed E-state index contributed by atoms with van der Waals surface area (Å²) in [5.74, 6) is 0. The first-order chi connectivity index (χ1) is 6.08. The molecule has 1 heteroatoms. The fourth-order valence-corrected chi connectivity index (χ4v) is 2.08. The summed E-state index contributed by atoms with van der Waals surface area (Å²) in [6, 6.07) is 10.6. The maximum atomic E-state index is 2.28. The molecule has 13 heavy (non-hydrogen) atoms. The summed E-state index contributed by atoms with van der Waals surface area (Å²) >= 11 is 0. The van der Waals surface area contributed by atoms with Gasteiger partial charge in [0.2, 0.25) is 0 Å². The molecule has 1 aromatic rings. The van der Waals surface area contributed by atoms with Crippen molar-refractivity contribution >= 4 is 14.7 Å². The highest BCUT2D eigenvalue weighted by Crippen LogP contribution is 2.13. The van der Waals surface area contributed by atoms with E-state index in [1.165, 1.54) is 5.19 Å². The molecule has 0 bridgehead atoms. The highest BCUT2D eigenvalue weighted by Gasteiger charge is 2.02. The second-order valence-corrected chi connectivity index (χ2v) is 5.41. The van der Waals surface area contributed by atoms with Crippen molar-refractivity contribution in [3.05, 3.63) is 42.1 Å². The Hall–Kier alpha value is -0.823. The zero-order chi connectivity index (χ0) is 9.73. The van der Waals surface area contributed by atoms with Crippen LogP contribution in [0.1, 0.15) is 20.8 Å². The molecule has 68 valence electrons. The highest BCUT2D eigenvalue weighted by atomic mass is 28.2. The molecule has 2 radical (unpaired) electrons. The smallest absolute Gasteiger partial charge is 0.0968 e. The fourth-order valence-electron chi connectivity index (χ4n) is 0.922. The van der Waals surface area contributed by atoms with E-state index in [1.54, 1.807) is 0 Å². The molecule has 0 aromatic heterocycles. The van der Waals surface area contributed by atoms with Gasteiger partial charge in [0, 0.05) is 0 Å². The summed E-state index contributed by atoms with van der Waals surface area (Å²) in [5, 5.41) is 1.41. The standard InChI is InChI=1S/C12H16Si/c1-12(2,3)9-10-13-11-7-5-4-6-8-11/h4-10H,1-3H3/b10-9-. The van der Waals surface area contributed by atoms with E-state index in [0.29, 0.717) is 5.41 Å². The van der Waals surface area contributed by atoms with Crippen LogP contribution in [0.3, 0.4) is 0 Å². The van der Waals surface area contributed by atoms with Crippen LogP contribution in [0, 0.1) is 5.41 Å². The molecule has 0 saturated carbocycles. The van der Waals surface area contributed by atoms with Crippen molar-refractivity contribution in [1.82, 2.24) is 0 Å². The number of hydrogen-bond acceptors (Lipinski definition) is 0. The van der Waals surface area contributed by atoms with E-state index in [1.807, 2.05) is 0 Å². The van der Waals surface area contributed by atoms with Crippen molar-refractivity contribution in [1.29, 1.82) is 0 Å². The Morgan fingerprint density at radius 1 is 1.08 bits per heavy atom.